The van der Waals surface area contributed by atoms with Crippen LogP contribution >= 0.6 is 0 Å². The predicted molar refractivity (Wildman–Crippen MR) is 107 cm³/mol. The van der Waals surface area contributed by atoms with Crippen molar-refractivity contribution < 1.29 is 18.7 Å². The van der Waals surface area contributed by atoms with E-state index in [2.05, 4.69) is 10.3 Å². The summed E-state index contributed by atoms with van der Waals surface area (Å²) in [6.45, 7) is 0.706. The Kier molecular flexibility index (Phi) is 5.29. The number of benzene rings is 2. The molecule has 0 spiro atoms. The predicted octanol–water partition coefficient (Wildman–Crippen LogP) is 3.88. The smallest absolute Gasteiger partial charge is 0.257 e. The summed E-state index contributed by atoms with van der Waals surface area (Å²) >= 11 is 0. The molecular weight excluding hydrogens is 373 g/mol. The average Bonchev–Trinajstić information content (AvgIpc) is 2.73. The lowest BCUT2D eigenvalue weighted by atomic mass is 10.2. The number of likely N-dealkylation sites (N-methyl/N-ethyl adjacent to an activating group) is 1. The second-order valence-electron chi connectivity index (χ2n) is 6.72. The number of amides is 1. The van der Waals surface area contributed by atoms with Gasteiger partial charge in [0, 0.05) is 18.9 Å². The number of carbonyl (C=O) groups is 1. The topological polar surface area (TPSA) is 63.7 Å². The molecular formula is C22H20FN3O3. The molecule has 1 atom stereocenters. The number of halogens is 1. The number of para-hydroxylation sites is 2. The van der Waals surface area contributed by atoms with Crippen molar-refractivity contribution in [3.8, 4) is 11.5 Å². The van der Waals surface area contributed by atoms with Gasteiger partial charge >= 0.3 is 0 Å². The first kappa shape index (κ1) is 18.7. The molecule has 1 amide bonds. The molecule has 0 saturated carbocycles. The van der Waals surface area contributed by atoms with Gasteiger partial charge in [-0.15, -0.1) is 0 Å². The Morgan fingerprint density at radius 2 is 2.00 bits per heavy atom. The van der Waals surface area contributed by atoms with E-state index in [1.807, 2.05) is 24.3 Å². The minimum absolute atomic E-state index is 0.223. The van der Waals surface area contributed by atoms with Crippen molar-refractivity contribution in [2.45, 2.75) is 6.10 Å². The van der Waals surface area contributed by atoms with Crippen LogP contribution < -0.4 is 14.8 Å². The highest BCUT2D eigenvalue weighted by atomic mass is 19.1. The van der Waals surface area contributed by atoms with Gasteiger partial charge in [-0.2, -0.15) is 0 Å². The number of fused-ring (bicyclic) bond motifs is 1. The molecule has 7 heteroatoms. The maximum Gasteiger partial charge on any atom is 0.257 e. The molecule has 6 nitrogen and oxygen atoms in total. The van der Waals surface area contributed by atoms with Gasteiger partial charge in [-0.05, 0) is 42.5 Å². The minimum Gasteiger partial charge on any atom is -0.486 e. The SMILES string of the molecule is CN(C[C@H]1COc2ccccc2O1)C(=O)c1cccnc1Nc1cccc(F)c1. The van der Waals surface area contributed by atoms with E-state index in [-0.39, 0.29) is 17.8 Å². The Hall–Kier alpha value is -3.61. The van der Waals surface area contributed by atoms with E-state index in [4.69, 9.17) is 9.47 Å². The van der Waals surface area contributed by atoms with Crippen LogP contribution in [0.4, 0.5) is 15.9 Å². The Morgan fingerprint density at radius 3 is 2.83 bits per heavy atom. The molecule has 1 aliphatic heterocycles. The summed E-state index contributed by atoms with van der Waals surface area (Å²) in [5, 5.41) is 3.01. The molecule has 0 bridgehead atoms. The van der Waals surface area contributed by atoms with Crippen LogP contribution in [-0.4, -0.2) is 42.1 Å². The number of hydrogen-bond donors (Lipinski definition) is 1. The van der Waals surface area contributed by atoms with Crippen molar-refractivity contribution in [2.24, 2.45) is 0 Å². The number of rotatable bonds is 5. The molecule has 0 radical (unpaired) electrons. The number of hydrogen-bond acceptors (Lipinski definition) is 5. The number of ether oxygens (including phenoxy) is 2. The maximum atomic E-state index is 13.5. The number of nitrogens with zero attached hydrogens (tertiary/aromatic N) is 2. The molecule has 0 saturated heterocycles. The van der Waals surface area contributed by atoms with Gasteiger partial charge in [-0.3, -0.25) is 4.79 Å². The van der Waals surface area contributed by atoms with Crippen molar-refractivity contribution in [2.75, 3.05) is 25.5 Å². The fourth-order valence-electron chi connectivity index (χ4n) is 3.13. The third-order valence-electron chi connectivity index (χ3n) is 4.52. The molecule has 0 unspecified atom stereocenters. The Bertz CT molecular complexity index is 1030. The van der Waals surface area contributed by atoms with Crippen LogP contribution in [0.25, 0.3) is 0 Å². The van der Waals surface area contributed by atoms with Gasteiger partial charge in [0.15, 0.2) is 17.6 Å². The van der Waals surface area contributed by atoms with Gasteiger partial charge in [0.25, 0.3) is 5.91 Å². The van der Waals surface area contributed by atoms with Crippen LogP contribution in [0.3, 0.4) is 0 Å². The van der Waals surface area contributed by atoms with E-state index < -0.39 is 0 Å². The van der Waals surface area contributed by atoms with E-state index in [1.165, 1.54) is 12.1 Å². The second-order valence-corrected chi connectivity index (χ2v) is 6.72. The quantitative estimate of drug-likeness (QED) is 0.713. The van der Waals surface area contributed by atoms with Gasteiger partial charge in [0.05, 0.1) is 12.1 Å². The summed E-state index contributed by atoms with van der Waals surface area (Å²) in [7, 11) is 1.70. The number of pyridine rings is 1. The molecule has 29 heavy (non-hydrogen) atoms. The molecule has 1 aromatic heterocycles. The number of anilines is 2. The Labute approximate surface area is 167 Å². The molecule has 3 aromatic rings. The highest BCUT2D eigenvalue weighted by Gasteiger charge is 2.25. The van der Waals surface area contributed by atoms with Gasteiger partial charge < -0.3 is 19.7 Å². The highest BCUT2D eigenvalue weighted by Crippen LogP contribution is 2.31. The first-order chi connectivity index (χ1) is 14.1. The van der Waals surface area contributed by atoms with E-state index >= 15 is 0 Å². The molecule has 1 aliphatic rings. The molecule has 2 heterocycles. The van der Waals surface area contributed by atoms with Gasteiger partial charge in [-0.1, -0.05) is 18.2 Å². The lowest BCUT2D eigenvalue weighted by Gasteiger charge is -2.29. The zero-order chi connectivity index (χ0) is 20.2. The average molecular weight is 393 g/mol. The van der Waals surface area contributed by atoms with Crippen molar-refractivity contribution in [3.63, 3.8) is 0 Å². The molecule has 2 aromatic carbocycles. The van der Waals surface area contributed by atoms with Crippen LogP contribution in [0.2, 0.25) is 0 Å². The first-order valence-electron chi connectivity index (χ1n) is 9.22. The van der Waals surface area contributed by atoms with Crippen molar-refractivity contribution >= 4 is 17.4 Å². The third kappa shape index (κ3) is 4.29. The fraction of sp³-hybridized carbons (Fsp3) is 0.182. The molecule has 0 aliphatic carbocycles. The van der Waals surface area contributed by atoms with Gasteiger partial charge in [0.2, 0.25) is 0 Å². The third-order valence-corrected chi connectivity index (χ3v) is 4.52. The summed E-state index contributed by atoms with van der Waals surface area (Å²) in [5.41, 5.74) is 0.900. The largest absolute Gasteiger partial charge is 0.486 e. The van der Waals surface area contributed by atoms with Crippen molar-refractivity contribution in [1.29, 1.82) is 0 Å². The zero-order valence-electron chi connectivity index (χ0n) is 15.8. The molecule has 1 N–H and O–H groups in total. The van der Waals surface area contributed by atoms with Crippen molar-refractivity contribution in [1.82, 2.24) is 9.88 Å². The van der Waals surface area contributed by atoms with Gasteiger partial charge in [-0.25, -0.2) is 9.37 Å². The summed E-state index contributed by atoms with van der Waals surface area (Å²) in [5.74, 6) is 1.14. The maximum absolute atomic E-state index is 13.5. The van der Waals surface area contributed by atoms with Crippen LogP contribution in [0, 0.1) is 5.82 Å². The normalized spacial score (nSPS) is 14.9. The minimum atomic E-state index is -0.370. The lowest BCUT2D eigenvalue weighted by Crippen LogP contribution is -2.42. The molecule has 4 rings (SSSR count). The molecule has 0 fully saturated rings. The number of aromatic nitrogens is 1. The lowest BCUT2D eigenvalue weighted by molar-refractivity contribution is 0.0521. The van der Waals surface area contributed by atoms with E-state index in [1.54, 1.807) is 42.4 Å². The monoisotopic (exact) mass is 393 g/mol. The van der Waals surface area contributed by atoms with E-state index in [0.717, 1.165) is 0 Å². The van der Waals surface area contributed by atoms with Gasteiger partial charge in [0.1, 0.15) is 18.2 Å². The van der Waals surface area contributed by atoms with Crippen LogP contribution in [-0.2, 0) is 0 Å². The summed E-state index contributed by atoms with van der Waals surface area (Å²) in [4.78, 5) is 18.8. The van der Waals surface area contributed by atoms with Crippen LogP contribution in [0.5, 0.6) is 11.5 Å². The van der Waals surface area contributed by atoms with Crippen molar-refractivity contribution in [3.05, 3.63) is 78.2 Å². The van der Waals surface area contributed by atoms with E-state index in [9.17, 15) is 9.18 Å². The highest BCUT2D eigenvalue weighted by molar-refractivity contribution is 5.99. The zero-order valence-corrected chi connectivity index (χ0v) is 15.8. The van der Waals surface area contributed by atoms with Crippen LogP contribution in [0.1, 0.15) is 10.4 Å². The first-order valence-corrected chi connectivity index (χ1v) is 9.22. The van der Waals surface area contributed by atoms with Crippen LogP contribution in [0.15, 0.2) is 66.9 Å². The summed E-state index contributed by atoms with van der Waals surface area (Å²) < 4.78 is 25.1. The molecule has 148 valence electrons. The Morgan fingerprint density at radius 1 is 1.17 bits per heavy atom. The summed E-state index contributed by atoms with van der Waals surface area (Å²) in [6.07, 6.45) is 1.29. The summed E-state index contributed by atoms with van der Waals surface area (Å²) in [6, 6.07) is 16.8. The van der Waals surface area contributed by atoms with E-state index in [0.29, 0.717) is 41.7 Å². The number of carbonyl (C=O) groups excluding carboxylic acids is 1. The Balaban J connectivity index is 1.47. The standard InChI is InChI=1S/C22H20FN3O3/c1-26(13-17-14-28-19-9-2-3-10-20(19)29-17)22(27)18-8-5-11-24-21(18)25-16-7-4-6-15(23)12-16/h2-12,17H,13-14H2,1H3,(H,24,25)/t17-/m0/s1. The second kappa shape index (κ2) is 8.18. The number of nitrogens with one attached hydrogen (secondary N) is 1. The fourth-order valence-corrected chi connectivity index (χ4v) is 3.13.